The van der Waals surface area contributed by atoms with Gasteiger partial charge >= 0.3 is 5.97 Å². The molecule has 0 bridgehead atoms. The van der Waals surface area contributed by atoms with E-state index >= 15 is 0 Å². The van der Waals surface area contributed by atoms with Crippen LogP contribution in [0.25, 0.3) is 0 Å². The van der Waals surface area contributed by atoms with Crippen molar-refractivity contribution in [3.05, 3.63) is 27.7 Å². The minimum absolute atomic E-state index is 0.0727. The highest BCUT2D eigenvalue weighted by molar-refractivity contribution is 9.10. The van der Waals surface area contributed by atoms with Crippen LogP contribution in [-0.2, 0) is 14.3 Å². The summed E-state index contributed by atoms with van der Waals surface area (Å²) in [4.78, 5) is 24.4. The summed E-state index contributed by atoms with van der Waals surface area (Å²) in [6.45, 7) is 9.29. The third-order valence-electron chi connectivity index (χ3n) is 3.00. The molecule has 0 saturated carbocycles. The first-order valence-electron chi connectivity index (χ1n) is 6.69. The van der Waals surface area contributed by atoms with E-state index in [0.717, 1.165) is 20.5 Å². The average molecular weight is 373 g/mol. The number of benzene rings is 1. The van der Waals surface area contributed by atoms with E-state index in [1.807, 2.05) is 46.8 Å². The summed E-state index contributed by atoms with van der Waals surface area (Å²) in [5, 5.41) is 0. The average Bonchev–Trinajstić information content (AvgIpc) is 2.37. The normalized spacial score (nSPS) is 11.3. The topological polar surface area (TPSA) is 43.4 Å². The van der Waals surface area contributed by atoms with Crippen LogP contribution >= 0.6 is 27.7 Å². The number of ether oxygens (including phenoxy) is 1. The molecule has 0 atom stereocenters. The van der Waals surface area contributed by atoms with Crippen LogP contribution in [0.15, 0.2) is 21.5 Å². The fourth-order valence-corrected chi connectivity index (χ4v) is 2.81. The van der Waals surface area contributed by atoms with Crippen molar-refractivity contribution in [3.63, 3.8) is 0 Å². The zero-order chi connectivity index (χ0) is 16.2. The van der Waals surface area contributed by atoms with Crippen LogP contribution in [0.1, 0.15) is 31.9 Å². The number of rotatable bonds is 5. The highest BCUT2D eigenvalue weighted by atomic mass is 79.9. The Morgan fingerprint density at radius 3 is 2.38 bits per heavy atom. The summed E-state index contributed by atoms with van der Waals surface area (Å²) in [6.07, 6.45) is 0. The van der Waals surface area contributed by atoms with Gasteiger partial charge in [0.15, 0.2) is 12.4 Å². The number of carbonyl (C=O) groups is 2. The van der Waals surface area contributed by atoms with Crippen molar-refractivity contribution in [2.75, 3.05) is 12.4 Å². The molecule has 0 heterocycles. The van der Waals surface area contributed by atoms with Crippen molar-refractivity contribution in [1.29, 1.82) is 0 Å². The quantitative estimate of drug-likeness (QED) is 0.570. The van der Waals surface area contributed by atoms with E-state index in [2.05, 4.69) is 15.9 Å². The molecule has 5 heteroatoms. The van der Waals surface area contributed by atoms with E-state index in [1.54, 1.807) is 0 Å². The van der Waals surface area contributed by atoms with Gasteiger partial charge < -0.3 is 4.74 Å². The Labute approximate surface area is 139 Å². The maximum absolute atomic E-state index is 11.7. The first-order chi connectivity index (χ1) is 9.61. The Kier molecular flexibility index (Phi) is 6.47. The highest BCUT2D eigenvalue weighted by Crippen LogP contribution is 2.28. The predicted octanol–water partition coefficient (Wildman–Crippen LogP) is 4.32. The first-order valence-corrected chi connectivity index (χ1v) is 8.47. The van der Waals surface area contributed by atoms with E-state index in [1.165, 1.54) is 11.8 Å². The Hall–Kier alpha value is -0.810. The largest absolute Gasteiger partial charge is 0.457 e. The van der Waals surface area contributed by atoms with E-state index in [-0.39, 0.29) is 24.1 Å². The van der Waals surface area contributed by atoms with Gasteiger partial charge in [0, 0.05) is 14.8 Å². The third kappa shape index (κ3) is 5.83. The highest BCUT2D eigenvalue weighted by Gasteiger charge is 2.22. The van der Waals surface area contributed by atoms with Gasteiger partial charge in [0.25, 0.3) is 0 Å². The monoisotopic (exact) mass is 372 g/mol. The van der Waals surface area contributed by atoms with Crippen molar-refractivity contribution in [2.24, 2.45) is 5.41 Å². The SMILES string of the molecule is Cc1cc(SCC(=O)OCC(=O)C(C)(C)C)c(C)cc1Br. The smallest absolute Gasteiger partial charge is 0.316 e. The van der Waals surface area contributed by atoms with Crippen molar-refractivity contribution < 1.29 is 14.3 Å². The maximum Gasteiger partial charge on any atom is 0.316 e. The minimum Gasteiger partial charge on any atom is -0.457 e. The molecular formula is C16H21BrO3S. The van der Waals surface area contributed by atoms with Gasteiger partial charge in [-0.15, -0.1) is 11.8 Å². The Morgan fingerprint density at radius 2 is 1.81 bits per heavy atom. The van der Waals surface area contributed by atoms with Crippen molar-refractivity contribution in [1.82, 2.24) is 0 Å². The second kappa shape index (κ2) is 7.45. The Morgan fingerprint density at radius 1 is 1.19 bits per heavy atom. The zero-order valence-electron chi connectivity index (χ0n) is 13.1. The van der Waals surface area contributed by atoms with Crippen LogP contribution in [0.2, 0.25) is 0 Å². The molecule has 0 aliphatic heterocycles. The van der Waals surface area contributed by atoms with Crippen LogP contribution in [0.4, 0.5) is 0 Å². The molecule has 21 heavy (non-hydrogen) atoms. The zero-order valence-corrected chi connectivity index (χ0v) is 15.5. The molecule has 0 spiro atoms. The minimum atomic E-state index is -0.479. The number of thioether (sulfide) groups is 1. The van der Waals surface area contributed by atoms with Crippen molar-refractivity contribution in [3.8, 4) is 0 Å². The number of hydrogen-bond acceptors (Lipinski definition) is 4. The molecule has 0 unspecified atom stereocenters. The molecule has 0 aliphatic rings. The summed E-state index contributed by atoms with van der Waals surface area (Å²) in [6, 6.07) is 4.07. The summed E-state index contributed by atoms with van der Waals surface area (Å²) >= 11 is 4.91. The number of Topliss-reactive ketones (excluding diaryl/α,β-unsaturated/α-hetero) is 1. The van der Waals surface area contributed by atoms with Gasteiger partial charge in [-0.25, -0.2) is 0 Å². The Balaban J connectivity index is 2.51. The summed E-state index contributed by atoms with van der Waals surface area (Å²) < 4.78 is 6.09. The standard InChI is InChI=1S/C16H21BrO3S/c1-10-7-13(11(2)6-12(10)17)21-9-15(19)20-8-14(18)16(3,4)5/h6-7H,8-9H2,1-5H3. The summed E-state index contributed by atoms with van der Waals surface area (Å²) in [5.74, 6) is -0.228. The lowest BCUT2D eigenvalue weighted by Crippen LogP contribution is -2.26. The van der Waals surface area contributed by atoms with Gasteiger partial charge in [-0.3, -0.25) is 9.59 Å². The lowest BCUT2D eigenvalue weighted by Gasteiger charge is -2.16. The fraction of sp³-hybridized carbons (Fsp3) is 0.500. The van der Waals surface area contributed by atoms with Crippen LogP contribution in [0.3, 0.4) is 0 Å². The third-order valence-corrected chi connectivity index (χ3v) is 4.99. The van der Waals surface area contributed by atoms with E-state index in [4.69, 9.17) is 4.74 Å². The van der Waals surface area contributed by atoms with Gasteiger partial charge in [0.2, 0.25) is 0 Å². The van der Waals surface area contributed by atoms with Crippen LogP contribution in [-0.4, -0.2) is 24.1 Å². The lowest BCUT2D eigenvalue weighted by molar-refractivity contribution is -0.147. The Bertz CT molecular complexity index is 547. The van der Waals surface area contributed by atoms with Gasteiger partial charge in [-0.05, 0) is 37.1 Å². The van der Waals surface area contributed by atoms with Gasteiger partial charge in [-0.2, -0.15) is 0 Å². The number of hydrogen-bond donors (Lipinski definition) is 0. The second-order valence-corrected chi connectivity index (χ2v) is 7.86. The van der Waals surface area contributed by atoms with E-state index < -0.39 is 5.41 Å². The molecule has 0 radical (unpaired) electrons. The van der Waals surface area contributed by atoms with Gasteiger partial charge in [0.05, 0.1) is 5.75 Å². The maximum atomic E-state index is 11.7. The molecule has 0 amide bonds. The fourth-order valence-electron chi connectivity index (χ4n) is 1.45. The van der Waals surface area contributed by atoms with Crippen LogP contribution in [0.5, 0.6) is 0 Å². The van der Waals surface area contributed by atoms with E-state index in [0.29, 0.717) is 0 Å². The number of halogens is 1. The van der Waals surface area contributed by atoms with Gasteiger partial charge in [0.1, 0.15) is 0 Å². The predicted molar refractivity (Wildman–Crippen MR) is 89.8 cm³/mol. The molecule has 1 aromatic carbocycles. The summed E-state index contributed by atoms with van der Waals surface area (Å²) in [5.41, 5.74) is 1.75. The molecule has 0 saturated heterocycles. The molecule has 0 aromatic heterocycles. The molecular weight excluding hydrogens is 352 g/mol. The van der Waals surface area contributed by atoms with Crippen molar-refractivity contribution >= 4 is 39.4 Å². The van der Waals surface area contributed by atoms with Gasteiger partial charge in [-0.1, -0.05) is 36.7 Å². The number of ketones is 1. The second-order valence-electron chi connectivity index (χ2n) is 5.99. The number of esters is 1. The van der Waals surface area contributed by atoms with Crippen LogP contribution in [0, 0.1) is 19.3 Å². The van der Waals surface area contributed by atoms with Crippen LogP contribution < -0.4 is 0 Å². The molecule has 0 N–H and O–H groups in total. The van der Waals surface area contributed by atoms with E-state index in [9.17, 15) is 9.59 Å². The molecule has 1 rings (SSSR count). The number of aryl methyl sites for hydroxylation is 2. The molecule has 0 aliphatic carbocycles. The molecule has 1 aromatic rings. The first kappa shape index (κ1) is 18.2. The number of carbonyl (C=O) groups excluding carboxylic acids is 2. The summed E-state index contributed by atoms with van der Waals surface area (Å²) in [7, 11) is 0. The lowest BCUT2D eigenvalue weighted by atomic mass is 9.91. The molecule has 3 nitrogen and oxygen atoms in total. The molecule has 116 valence electrons. The molecule has 0 fully saturated rings. The van der Waals surface area contributed by atoms with Crippen molar-refractivity contribution in [2.45, 2.75) is 39.5 Å².